The molecule has 0 atom stereocenters. The molecule has 0 aliphatic carbocycles. The van der Waals surface area contributed by atoms with Gasteiger partial charge in [-0.3, -0.25) is 18.4 Å². The lowest BCUT2D eigenvalue weighted by molar-refractivity contribution is -0.670. The van der Waals surface area contributed by atoms with Crippen LogP contribution < -0.4 is 28.1 Å². The van der Waals surface area contributed by atoms with Crippen molar-refractivity contribution in [3.63, 3.8) is 0 Å². The zero-order valence-corrected chi connectivity index (χ0v) is 21.5. The van der Waals surface area contributed by atoms with E-state index in [4.69, 9.17) is 9.97 Å². The highest BCUT2D eigenvalue weighted by Gasteiger charge is 2.23. The molecule has 0 spiro atoms. The van der Waals surface area contributed by atoms with Crippen molar-refractivity contribution >= 4 is 22.3 Å². The number of fused-ring (bicyclic) bond motifs is 3. The molecule has 0 aliphatic heterocycles. The first kappa shape index (κ1) is 24.4. The molecule has 186 valence electrons. The number of benzene rings is 1. The van der Waals surface area contributed by atoms with E-state index in [2.05, 4.69) is 21.3 Å². The maximum atomic E-state index is 12.8. The van der Waals surface area contributed by atoms with E-state index < -0.39 is 0 Å². The fourth-order valence-corrected chi connectivity index (χ4v) is 4.82. The van der Waals surface area contributed by atoms with Gasteiger partial charge in [0, 0.05) is 31.5 Å². The van der Waals surface area contributed by atoms with E-state index in [9.17, 15) is 9.59 Å². The lowest BCUT2D eigenvalue weighted by Crippen LogP contribution is -3.00. The van der Waals surface area contributed by atoms with Crippen LogP contribution in [0.1, 0.15) is 28.3 Å². The Morgan fingerprint density at radius 2 is 1.32 bits per heavy atom. The highest BCUT2D eigenvalue weighted by molar-refractivity contribution is 5.72. The summed E-state index contributed by atoms with van der Waals surface area (Å²) in [6, 6.07) is 18.9. The van der Waals surface area contributed by atoms with Crippen LogP contribution in [0.25, 0.3) is 22.3 Å². The molecule has 1 aromatic carbocycles. The molecular formula is C28H25ClN6O2. The molecule has 0 fully saturated rings. The Labute approximate surface area is 218 Å². The van der Waals surface area contributed by atoms with Crippen LogP contribution in [0, 0.1) is 20.8 Å². The van der Waals surface area contributed by atoms with Crippen molar-refractivity contribution in [1.82, 2.24) is 23.3 Å². The van der Waals surface area contributed by atoms with Crippen molar-refractivity contribution in [3.8, 4) is 0 Å². The Morgan fingerprint density at radius 3 is 1.97 bits per heavy atom. The van der Waals surface area contributed by atoms with Gasteiger partial charge >= 0.3 is 0 Å². The predicted molar refractivity (Wildman–Crippen MR) is 137 cm³/mol. The second kappa shape index (κ2) is 9.29. The van der Waals surface area contributed by atoms with Gasteiger partial charge < -0.3 is 12.4 Å². The zero-order valence-electron chi connectivity index (χ0n) is 20.7. The first-order valence-electron chi connectivity index (χ1n) is 11.8. The fraction of sp³-hybridized carbons (Fsp3) is 0.179. The normalized spacial score (nSPS) is 11.3. The minimum atomic E-state index is -0.100. The Balaban J connectivity index is 0.00000280. The third-order valence-corrected chi connectivity index (χ3v) is 6.61. The maximum absolute atomic E-state index is 12.8. The van der Waals surface area contributed by atoms with Crippen LogP contribution >= 0.6 is 0 Å². The number of imidazole rings is 1. The van der Waals surface area contributed by atoms with Crippen LogP contribution in [0.3, 0.4) is 0 Å². The van der Waals surface area contributed by atoms with Crippen LogP contribution in [0.15, 0.2) is 82.6 Å². The van der Waals surface area contributed by atoms with Gasteiger partial charge in [0.1, 0.15) is 24.4 Å². The van der Waals surface area contributed by atoms with Crippen LogP contribution in [0.2, 0.25) is 0 Å². The molecule has 0 bridgehead atoms. The molecular weight excluding hydrogens is 488 g/mol. The Kier molecular flexibility index (Phi) is 6.13. The lowest BCUT2D eigenvalue weighted by Gasteiger charge is -2.06. The van der Waals surface area contributed by atoms with Gasteiger partial charge in [-0.1, -0.05) is 24.3 Å². The molecule has 8 nitrogen and oxygen atoms in total. The summed E-state index contributed by atoms with van der Waals surface area (Å²) in [5, 5.41) is 0. The number of hydrogen-bond donors (Lipinski definition) is 0. The molecule has 0 saturated heterocycles. The summed E-state index contributed by atoms with van der Waals surface area (Å²) in [7, 11) is 0. The van der Waals surface area contributed by atoms with E-state index in [1.54, 1.807) is 33.3 Å². The quantitative estimate of drug-likeness (QED) is 0.311. The highest BCUT2D eigenvalue weighted by Crippen LogP contribution is 2.17. The molecule has 0 amide bonds. The number of pyridine rings is 2. The van der Waals surface area contributed by atoms with E-state index >= 15 is 0 Å². The lowest BCUT2D eigenvalue weighted by atomic mass is 10.3. The molecule has 6 rings (SSSR count). The molecule has 0 unspecified atom stereocenters. The molecule has 0 aliphatic rings. The molecule has 5 heterocycles. The zero-order chi connectivity index (χ0) is 25.0. The SMILES string of the molecule is Cc1ccc2nc(Cn3c(C)[n+](Cc4cc(=O)n5cc(C)ccc5n4)c4ccccc43)cc(=O)n2c1.[Cl-]. The summed E-state index contributed by atoms with van der Waals surface area (Å²) in [5.41, 5.74) is 6.49. The van der Waals surface area contributed by atoms with Gasteiger partial charge in [0.2, 0.25) is 0 Å². The first-order chi connectivity index (χ1) is 17.4. The fourth-order valence-electron chi connectivity index (χ4n) is 4.82. The van der Waals surface area contributed by atoms with Crippen LogP contribution in [-0.4, -0.2) is 23.3 Å². The van der Waals surface area contributed by atoms with Gasteiger partial charge in [-0.25, -0.2) is 19.1 Å². The average Bonchev–Trinajstić information content (AvgIpc) is 3.11. The number of halogens is 1. The number of hydrogen-bond acceptors (Lipinski definition) is 4. The Hall–Kier alpha value is -4.30. The van der Waals surface area contributed by atoms with E-state index in [1.165, 1.54) is 0 Å². The Bertz CT molecular complexity index is 1800. The van der Waals surface area contributed by atoms with E-state index in [-0.39, 0.29) is 23.5 Å². The predicted octanol–water partition coefficient (Wildman–Crippen LogP) is -0.0295. The summed E-state index contributed by atoms with van der Waals surface area (Å²) < 4.78 is 7.45. The van der Waals surface area contributed by atoms with Gasteiger partial charge in [-0.2, -0.15) is 0 Å². The van der Waals surface area contributed by atoms with Crippen molar-refractivity contribution in [2.24, 2.45) is 0 Å². The molecule has 6 aromatic rings. The molecule has 9 heteroatoms. The van der Waals surface area contributed by atoms with E-state index in [1.807, 2.05) is 57.2 Å². The monoisotopic (exact) mass is 512 g/mol. The topological polar surface area (TPSA) is 77.5 Å². The van der Waals surface area contributed by atoms with Crippen molar-refractivity contribution in [3.05, 3.63) is 122 Å². The molecule has 37 heavy (non-hydrogen) atoms. The van der Waals surface area contributed by atoms with E-state index in [0.29, 0.717) is 35.8 Å². The summed E-state index contributed by atoms with van der Waals surface area (Å²) in [4.78, 5) is 35.0. The Morgan fingerprint density at radius 1 is 0.757 bits per heavy atom. The average molecular weight is 513 g/mol. The largest absolute Gasteiger partial charge is 1.00 e. The van der Waals surface area contributed by atoms with Crippen molar-refractivity contribution in [2.75, 3.05) is 0 Å². The third-order valence-electron chi connectivity index (χ3n) is 6.61. The second-order valence-electron chi connectivity index (χ2n) is 9.25. The van der Waals surface area contributed by atoms with Crippen LogP contribution in [0.4, 0.5) is 0 Å². The van der Waals surface area contributed by atoms with Gasteiger partial charge in [0.25, 0.3) is 16.9 Å². The van der Waals surface area contributed by atoms with Gasteiger partial charge in [0.15, 0.2) is 11.0 Å². The third kappa shape index (κ3) is 4.29. The van der Waals surface area contributed by atoms with Gasteiger partial charge in [-0.05, 0) is 49.2 Å². The highest BCUT2D eigenvalue weighted by atomic mass is 35.5. The molecule has 5 aromatic heterocycles. The minimum Gasteiger partial charge on any atom is -1.00 e. The van der Waals surface area contributed by atoms with E-state index in [0.717, 1.165) is 28.0 Å². The first-order valence-corrected chi connectivity index (χ1v) is 11.8. The molecule has 0 saturated carbocycles. The number of nitrogens with zero attached hydrogens (tertiary/aromatic N) is 6. The van der Waals surface area contributed by atoms with Crippen molar-refractivity contribution in [2.45, 2.75) is 33.9 Å². The minimum absolute atomic E-state index is 0. The smallest absolute Gasteiger partial charge is 0.258 e. The number of aromatic nitrogens is 6. The van der Waals surface area contributed by atoms with Crippen molar-refractivity contribution in [1.29, 1.82) is 0 Å². The van der Waals surface area contributed by atoms with Crippen LogP contribution in [-0.2, 0) is 13.1 Å². The van der Waals surface area contributed by atoms with Gasteiger partial charge in [-0.15, -0.1) is 0 Å². The van der Waals surface area contributed by atoms with Gasteiger partial charge in [0.05, 0.1) is 11.4 Å². The molecule has 0 radical (unpaired) electrons. The number of rotatable bonds is 4. The summed E-state index contributed by atoms with van der Waals surface area (Å²) in [5.74, 6) is 0.980. The standard InChI is InChI=1S/C28H25N6O2.ClH/c1-18-8-10-25-29-21(12-27(35)33(25)14-18)16-31-20(3)32(24-7-5-4-6-23(24)31)17-22-13-28(36)34-15-19(2)9-11-26(34)30-22;/h4-15H,16-17H2,1-3H3;1H/q+1;/p-1. The summed E-state index contributed by atoms with van der Waals surface area (Å²) in [6.07, 6.45) is 3.61. The number of aryl methyl sites for hydroxylation is 2. The maximum Gasteiger partial charge on any atom is 0.258 e. The second-order valence-corrected chi connectivity index (χ2v) is 9.25. The van der Waals surface area contributed by atoms with Crippen LogP contribution in [0.5, 0.6) is 0 Å². The number of para-hydroxylation sites is 2. The van der Waals surface area contributed by atoms with Crippen molar-refractivity contribution < 1.29 is 17.0 Å². The summed E-state index contributed by atoms with van der Waals surface area (Å²) >= 11 is 0. The summed E-state index contributed by atoms with van der Waals surface area (Å²) in [6.45, 7) is 6.84. The molecule has 0 N–H and O–H groups in total.